The van der Waals surface area contributed by atoms with Crippen molar-refractivity contribution in [3.63, 3.8) is 0 Å². The van der Waals surface area contributed by atoms with E-state index >= 15 is 0 Å². The molecule has 9 nitrogen and oxygen atoms in total. The highest BCUT2D eigenvalue weighted by atomic mass is 32.1. The van der Waals surface area contributed by atoms with Crippen molar-refractivity contribution < 1.29 is 24.2 Å². The number of aliphatic hydroxyl groups excluding tert-OH is 1. The van der Waals surface area contributed by atoms with Gasteiger partial charge in [-0.25, -0.2) is 4.98 Å². The number of carbonyl (C=O) groups excluding carboxylic acids is 2. The number of carbonyl (C=O) groups is 2. The fourth-order valence-electron chi connectivity index (χ4n) is 4.31. The van der Waals surface area contributed by atoms with Gasteiger partial charge in [0.25, 0.3) is 5.91 Å². The van der Waals surface area contributed by atoms with Crippen molar-refractivity contribution in [1.82, 2.24) is 15.2 Å². The van der Waals surface area contributed by atoms with Gasteiger partial charge in [0.15, 0.2) is 17.3 Å². The van der Waals surface area contributed by atoms with Crippen LogP contribution in [0.25, 0.3) is 0 Å². The minimum atomic E-state index is -0.957. The smallest absolute Gasteiger partial charge is 0.296 e. The first-order chi connectivity index (χ1) is 18.3. The fraction of sp³-hybridized carbons (Fsp3) is 0.222. The Balaban J connectivity index is 1.58. The Morgan fingerprint density at radius 2 is 1.79 bits per heavy atom. The van der Waals surface area contributed by atoms with Gasteiger partial charge in [-0.3, -0.25) is 14.5 Å². The number of aromatic nitrogens is 3. The third kappa shape index (κ3) is 4.66. The van der Waals surface area contributed by atoms with Crippen LogP contribution in [0.5, 0.6) is 11.5 Å². The van der Waals surface area contributed by atoms with Crippen molar-refractivity contribution in [3.05, 3.63) is 91.6 Å². The first kappa shape index (κ1) is 25.6. The monoisotopic (exact) mass is 548 g/mol. The van der Waals surface area contributed by atoms with E-state index in [0.29, 0.717) is 44.3 Å². The van der Waals surface area contributed by atoms with Crippen molar-refractivity contribution in [3.8, 4) is 11.5 Å². The molecule has 194 valence electrons. The number of thiazole rings is 1. The summed E-state index contributed by atoms with van der Waals surface area (Å²) >= 11 is 2.41. The van der Waals surface area contributed by atoms with Gasteiger partial charge in [0.2, 0.25) is 10.9 Å². The third-order valence-corrected chi connectivity index (χ3v) is 7.93. The van der Waals surface area contributed by atoms with E-state index in [4.69, 9.17) is 9.47 Å². The lowest BCUT2D eigenvalue weighted by atomic mass is 9.95. The Kier molecular flexibility index (Phi) is 6.96. The van der Waals surface area contributed by atoms with Gasteiger partial charge in [0.1, 0.15) is 11.6 Å². The molecular weight excluding hydrogens is 524 g/mol. The molecule has 1 aliphatic heterocycles. The molecule has 38 heavy (non-hydrogen) atoms. The van der Waals surface area contributed by atoms with E-state index in [-0.39, 0.29) is 10.7 Å². The summed E-state index contributed by atoms with van der Waals surface area (Å²) in [6, 6.07) is 13.9. The molecule has 1 atom stereocenters. The maximum absolute atomic E-state index is 13.8. The van der Waals surface area contributed by atoms with Gasteiger partial charge >= 0.3 is 0 Å². The molecular formula is C27H24N4O5S2. The number of hydrogen-bond acceptors (Lipinski definition) is 10. The summed E-state index contributed by atoms with van der Waals surface area (Å²) in [4.78, 5) is 33.1. The molecule has 0 aliphatic carbocycles. The van der Waals surface area contributed by atoms with E-state index in [1.807, 2.05) is 30.3 Å². The number of ketones is 1. The number of nitrogens with zero attached hydrogens (tertiary/aromatic N) is 4. The summed E-state index contributed by atoms with van der Waals surface area (Å²) in [6.07, 6.45) is 0. The number of methoxy groups -OCH3 is 1. The molecule has 0 spiro atoms. The number of benzene rings is 2. The van der Waals surface area contributed by atoms with Crippen LogP contribution in [0.15, 0.2) is 59.9 Å². The molecule has 1 N–H and O–H groups in total. The Morgan fingerprint density at radius 3 is 2.42 bits per heavy atom. The number of aliphatic hydroxyl groups is 1. The second-order valence-electron chi connectivity index (χ2n) is 8.60. The molecule has 5 rings (SSSR count). The molecule has 1 amide bonds. The van der Waals surface area contributed by atoms with E-state index in [9.17, 15) is 14.7 Å². The summed E-state index contributed by atoms with van der Waals surface area (Å²) in [7, 11) is 1.52. The molecule has 11 heteroatoms. The summed E-state index contributed by atoms with van der Waals surface area (Å²) in [5.74, 6) is -0.894. The van der Waals surface area contributed by atoms with Crippen LogP contribution in [-0.4, -0.2) is 39.1 Å². The van der Waals surface area contributed by atoms with Gasteiger partial charge in [-0.1, -0.05) is 47.7 Å². The average Bonchev–Trinajstić information content (AvgIpc) is 3.57. The Morgan fingerprint density at radius 1 is 1.03 bits per heavy atom. The highest BCUT2D eigenvalue weighted by Gasteiger charge is 2.47. The molecule has 0 saturated heterocycles. The standard InChI is InChI=1S/C27H24N4O5S2/c1-14-25(37-15(2)28-14)23(32)21-22(31(26(34)24(21)33)27-30-29-16(3)38-27)18-10-11-19(20(12-18)35-4)36-13-17-8-6-5-7-9-17/h5-12,22,33H,13H2,1-4H3. The van der Waals surface area contributed by atoms with E-state index in [1.165, 1.54) is 34.7 Å². The van der Waals surface area contributed by atoms with E-state index in [1.54, 1.807) is 39.0 Å². The van der Waals surface area contributed by atoms with Crippen LogP contribution in [-0.2, 0) is 11.4 Å². The predicted molar refractivity (Wildman–Crippen MR) is 144 cm³/mol. The quantitative estimate of drug-likeness (QED) is 0.296. The molecule has 0 fully saturated rings. The van der Waals surface area contributed by atoms with Crippen molar-refractivity contribution in [2.45, 2.75) is 33.4 Å². The molecule has 1 aliphatic rings. The van der Waals surface area contributed by atoms with Gasteiger partial charge in [-0.15, -0.1) is 21.5 Å². The first-order valence-corrected chi connectivity index (χ1v) is 13.3. The van der Waals surface area contributed by atoms with Gasteiger partial charge in [0, 0.05) is 0 Å². The van der Waals surface area contributed by atoms with Gasteiger partial charge < -0.3 is 14.6 Å². The van der Waals surface area contributed by atoms with Gasteiger partial charge in [-0.2, -0.15) is 0 Å². The Labute approximate surface area is 227 Å². The number of hydrogen-bond donors (Lipinski definition) is 1. The summed E-state index contributed by atoms with van der Waals surface area (Å²) in [5, 5.41) is 20.8. The van der Waals surface area contributed by atoms with Crippen LogP contribution in [0.3, 0.4) is 0 Å². The lowest BCUT2D eigenvalue weighted by molar-refractivity contribution is -0.117. The minimum absolute atomic E-state index is 0.0467. The molecule has 0 bridgehead atoms. The average molecular weight is 549 g/mol. The molecule has 4 aromatic rings. The largest absolute Gasteiger partial charge is 0.503 e. The summed E-state index contributed by atoms with van der Waals surface area (Å²) < 4.78 is 11.6. The zero-order chi connectivity index (χ0) is 27.0. The maximum Gasteiger partial charge on any atom is 0.296 e. The van der Waals surface area contributed by atoms with Crippen LogP contribution in [0, 0.1) is 20.8 Å². The molecule has 3 heterocycles. The highest BCUT2D eigenvalue weighted by Crippen LogP contribution is 2.45. The number of anilines is 1. The van der Waals surface area contributed by atoms with Crippen molar-refractivity contribution in [2.24, 2.45) is 0 Å². The Hall–Kier alpha value is -4.09. The number of rotatable bonds is 8. The minimum Gasteiger partial charge on any atom is -0.503 e. The lowest BCUT2D eigenvalue weighted by Gasteiger charge is -2.25. The maximum atomic E-state index is 13.8. The highest BCUT2D eigenvalue weighted by molar-refractivity contribution is 7.15. The van der Waals surface area contributed by atoms with E-state index in [0.717, 1.165) is 5.56 Å². The normalized spacial score (nSPS) is 15.3. The van der Waals surface area contributed by atoms with Crippen molar-refractivity contribution >= 4 is 39.5 Å². The Bertz CT molecular complexity index is 1560. The summed E-state index contributed by atoms with van der Waals surface area (Å²) in [5.41, 5.74) is 2.03. The fourth-order valence-corrected chi connectivity index (χ4v) is 5.89. The zero-order valence-electron chi connectivity index (χ0n) is 21.1. The predicted octanol–water partition coefficient (Wildman–Crippen LogP) is 5.29. The van der Waals surface area contributed by atoms with Crippen molar-refractivity contribution in [1.29, 1.82) is 0 Å². The van der Waals surface area contributed by atoms with Crippen LogP contribution in [0.1, 0.15) is 42.5 Å². The number of ether oxygens (including phenoxy) is 2. The van der Waals surface area contributed by atoms with E-state index < -0.39 is 23.5 Å². The van der Waals surface area contributed by atoms with Gasteiger partial charge in [0.05, 0.1) is 34.3 Å². The molecule has 0 saturated carbocycles. The van der Waals surface area contributed by atoms with Crippen LogP contribution in [0.2, 0.25) is 0 Å². The second-order valence-corrected chi connectivity index (χ2v) is 11.0. The topological polar surface area (TPSA) is 115 Å². The SMILES string of the molecule is COc1cc(C2C(C(=O)c3sc(C)nc3C)=C(O)C(=O)N2c2nnc(C)s2)ccc1OCc1ccccc1. The van der Waals surface area contributed by atoms with Crippen LogP contribution >= 0.6 is 22.7 Å². The molecule has 0 radical (unpaired) electrons. The number of amides is 1. The zero-order valence-corrected chi connectivity index (χ0v) is 22.7. The van der Waals surface area contributed by atoms with E-state index in [2.05, 4.69) is 15.2 Å². The van der Waals surface area contributed by atoms with Crippen molar-refractivity contribution in [2.75, 3.05) is 12.0 Å². The third-order valence-electron chi connectivity index (χ3n) is 6.02. The molecule has 1 unspecified atom stereocenters. The second kappa shape index (κ2) is 10.3. The summed E-state index contributed by atoms with van der Waals surface area (Å²) in [6.45, 7) is 5.63. The molecule has 2 aromatic heterocycles. The lowest BCUT2D eigenvalue weighted by Crippen LogP contribution is -2.31. The van der Waals surface area contributed by atoms with Crippen LogP contribution in [0.4, 0.5) is 5.13 Å². The number of aryl methyl sites for hydroxylation is 3. The number of Topliss-reactive ketones (excluding diaryl/α,β-unsaturated/α-hetero) is 1. The first-order valence-electron chi connectivity index (χ1n) is 11.7. The van der Waals surface area contributed by atoms with Gasteiger partial charge in [-0.05, 0) is 44.0 Å². The molecule has 2 aromatic carbocycles. The van der Waals surface area contributed by atoms with Crippen LogP contribution < -0.4 is 14.4 Å².